The van der Waals surface area contributed by atoms with Gasteiger partial charge in [-0.25, -0.2) is 0 Å². The Labute approximate surface area is 274 Å². The van der Waals surface area contributed by atoms with Crippen molar-refractivity contribution in [1.82, 2.24) is 16.0 Å². The Kier molecular flexibility index (Phi) is 28.1. The fourth-order valence-corrected chi connectivity index (χ4v) is 5.65. The van der Waals surface area contributed by atoms with Crippen LogP contribution in [0.25, 0.3) is 0 Å². The van der Waals surface area contributed by atoms with Crippen molar-refractivity contribution in [2.24, 2.45) is 5.92 Å². The summed E-state index contributed by atoms with van der Waals surface area (Å²) in [6.45, 7) is 6.49. The largest absolute Gasteiger partial charge is 0.394 e. The van der Waals surface area contributed by atoms with Crippen LogP contribution in [0.1, 0.15) is 85.0 Å². The number of amides is 3. The van der Waals surface area contributed by atoms with E-state index in [0.29, 0.717) is 24.7 Å². The van der Waals surface area contributed by atoms with E-state index in [1.165, 1.54) is 70.1 Å². The zero-order valence-corrected chi connectivity index (χ0v) is 29.3. The molecule has 0 aromatic carbocycles. The summed E-state index contributed by atoms with van der Waals surface area (Å²) in [4.78, 5) is 54.2. The first kappa shape index (κ1) is 43.8. The van der Waals surface area contributed by atoms with Crippen LogP contribution in [0.3, 0.4) is 0 Å². The number of hydrogen-bond donors (Lipinski definition) is 6. The molecule has 3 amide bonds. The topological polar surface area (TPSA) is 193 Å². The van der Waals surface area contributed by atoms with Gasteiger partial charge in [0.05, 0.1) is 51.8 Å². The molecule has 0 aromatic heterocycles. The van der Waals surface area contributed by atoms with Crippen molar-refractivity contribution in [2.75, 3.05) is 70.5 Å². The first-order valence-corrected chi connectivity index (χ1v) is 19.3. The van der Waals surface area contributed by atoms with Crippen LogP contribution < -0.4 is 16.0 Å². The van der Waals surface area contributed by atoms with E-state index >= 15 is 0 Å². The van der Waals surface area contributed by atoms with Gasteiger partial charge in [-0.15, -0.1) is 0 Å². The SMILES string of the molecule is CCCCCCCCCCCCOC[C@H](CSC[C@H](C)C(=O)N[C@@H](CO)C(=O)NCCOCCOCCP(=O)(O)O)NC(C)=O. The van der Waals surface area contributed by atoms with Gasteiger partial charge in [0.25, 0.3) is 0 Å². The maximum absolute atomic E-state index is 12.6. The molecule has 0 heterocycles. The summed E-state index contributed by atoms with van der Waals surface area (Å²) >= 11 is 1.51. The van der Waals surface area contributed by atoms with E-state index in [-0.39, 0.29) is 57.0 Å². The summed E-state index contributed by atoms with van der Waals surface area (Å²) < 4.78 is 26.9. The number of carbonyl (C=O) groups is 3. The summed E-state index contributed by atoms with van der Waals surface area (Å²) in [6.07, 6.45) is 12.2. The zero-order chi connectivity index (χ0) is 33.8. The molecule has 13 nitrogen and oxygen atoms in total. The van der Waals surface area contributed by atoms with E-state index in [0.717, 1.165) is 12.8 Å². The van der Waals surface area contributed by atoms with Gasteiger partial charge in [-0.2, -0.15) is 11.8 Å². The number of nitrogens with one attached hydrogen (secondary N) is 3. The molecule has 0 fully saturated rings. The van der Waals surface area contributed by atoms with E-state index in [1.807, 2.05) is 0 Å². The smallest absolute Gasteiger partial charge is 0.327 e. The summed E-state index contributed by atoms with van der Waals surface area (Å²) in [5.41, 5.74) is 0. The molecule has 0 aliphatic carbocycles. The van der Waals surface area contributed by atoms with Crippen LogP contribution in [-0.4, -0.2) is 115 Å². The van der Waals surface area contributed by atoms with Crippen molar-refractivity contribution in [3.63, 3.8) is 0 Å². The van der Waals surface area contributed by atoms with Gasteiger partial charge < -0.3 is 45.1 Å². The van der Waals surface area contributed by atoms with Crippen molar-refractivity contribution in [1.29, 1.82) is 0 Å². The lowest BCUT2D eigenvalue weighted by molar-refractivity contribution is -0.131. The minimum absolute atomic E-state index is 0.0804. The van der Waals surface area contributed by atoms with Gasteiger partial charge in [0.2, 0.25) is 17.7 Å². The van der Waals surface area contributed by atoms with E-state index in [4.69, 9.17) is 24.0 Å². The highest BCUT2D eigenvalue weighted by Crippen LogP contribution is 2.33. The molecule has 45 heavy (non-hydrogen) atoms. The Bertz CT molecular complexity index is 821. The Morgan fingerprint density at radius 3 is 1.96 bits per heavy atom. The quantitative estimate of drug-likeness (QED) is 0.0464. The lowest BCUT2D eigenvalue weighted by Gasteiger charge is -2.20. The van der Waals surface area contributed by atoms with Gasteiger partial charge >= 0.3 is 7.60 Å². The van der Waals surface area contributed by atoms with E-state index in [9.17, 15) is 24.1 Å². The molecule has 0 aliphatic heterocycles. The third-order valence-corrected chi connectivity index (χ3v) is 8.90. The predicted octanol–water partition coefficient (Wildman–Crippen LogP) is 2.60. The summed E-state index contributed by atoms with van der Waals surface area (Å²) in [5.74, 6) is -0.442. The van der Waals surface area contributed by atoms with Crippen LogP contribution >= 0.6 is 19.4 Å². The molecule has 0 saturated carbocycles. The Balaban J connectivity index is 4.13. The molecular formula is C30H60N3O10PS. The van der Waals surface area contributed by atoms with Crippen LogP contribution in [0.5, 0.6) is 0 Å². The van der Waals surface area contributed by atoms with Crippen molar-refractivity contribution < 1.29 is 48.1 Å². The third-order valence-electron chi connectivity index (χ3n) is 6.76. The van der Waals surface area contributed by atoms with Gasteiger partial charge in [0.1, 0.15) is 6.04 Å². The van der Waals surface area contributed by atoms with Crippen molar-refractivity contribution >= 4 is 37.1 Å². The van der Waals surface area contributed by atoms with Crippen LogP contribution in [-0.2, 0) is 33.2 Å². The number of thioether (sulfide) groups is 1. The van der Waals surface area contributed by atoms with Crippen molar-refractivity contribution in [3.05, 3.63) is 0 Å². The Hall–Kier alpha value is -1.25. The normalized spacial score (nSPS) is 13.6. The number of unbranched alkanes of at least 4 members (excludes halogenated alkanes) is 9. The van der Waals surface area contributed by atoms with Crippen LogP contribution in [0, 0.1) is 5.92 Å². The monoisotopic (exact) mass is 685 g/mol. The highest BCUT2D eigenvalue weighted by molar-refractivity contribution is 7.99. The van der Waals surface area contributed by atoms with Gasteiger partial charge in [-0.05, 0) is 6.42 Å². The van der Waals surface area contributed by atoms with Gasteiger partial charge in [-0.1, -0.05) is 71.6 Å². The van der Waals surface area contributed by atoms with Crippen LogP contribution in [0.15, 0.2) is 0 Å². The van der Waals surface area contributed by atoms with Crippen LogP contribution in [0.2, 0.25) is 0 Å². The maximum atomic E-state index is 12.6. The standard InChI is InChI=1S/C30H60N3O10PS/c1-4-5-6-7-8-9-10-11-12-13-15-43-22-27(32-26(3)35)24-45-23-25(2)29(36)33-28(21-34)30(37)31-14-16-41-17-18-42-19-20-44(38,39)40/h25,27-28,34H,4-24H2,1-3H3,(H,31,37)(H,32,35)(H,33,36)(H2,38,39,40)/t25-,27+,28-/m0/s1. The molecule has 0 unspecified atom stereocenters. The molecule has 0 aliphatic rings. The summed E-state index contributed by atoms with van der Waals surface area (Å²) in [5, 5.41) is 17.7. The van der Waals surface area contributed by atoms with Crippen molar-refractivity contribution in [3.8, 4) is 0 Å². The average Bonchev–Trinajstić information content (AvgIpc) is 2.98. The molecular weight excluding hydrogens is 625 g/mol. The van der Waals surface area contributed by atoms with Crippen LogP contribution in [0.4, 0.5) is 0 Å². The molecule has 0 bridgehead atoms. The molecule has 266 valence electrons. The number of rotatable bonds is 31. The summed E-state index contributed by atoms with van der Waals surface area (Å²) in [7, 11) is -4.08. The number of aliphatic hydroxyl groups excluding tert-OH is 1. The lowest BCUT2D eigenvalue weighted by Crippen LogP contribution is -2.51. The molecule has 0 aromatic rings. The number of aliphatic hydroxyl groups is 1. The Morgan fingerprint density at radius 2 is 1.38 bits per heavy atom. The maximum Gasteiger partial charge on any atom is 0.327 e. The number of carbonyl (C=O) groups excluding carboxylic acids is 3. The van der Waals surface area contributed by atoms with E-state index in [2.05, 4.69) is 22.9 Å². The fraction of sp³-hybridized carbons (Fsp3) is 0.900. The molecule has 0 saturated heterocycles. The first-order valence-electron chi connectivity index (χ1n) is 16.3. The molecule has 0 spiro atoms. The van der Waals surface area contributed by atoms with Crippen molar-refractivity contribution in [2.45, 2.75) is 97.1 Å². The minimum Gasteiger partial charge on any atom is -0.394 e. The highest BCUT2D eigenvalue weighted by atomic mass is 32.2. The molecule has 3 atom stereocenters. The zero-order valence-electron chi connectivity index (χ0n) is 27.6. The second-order valence-corrected chi connectivity index (χ2v) is 14.1. The van der Waals surface area contributed by atoms with Gasteiger partial charge in [0.15, 0.2) is 0 Å². The second kappa shape index (κ2) is 28.9. The number of hydrogen-bond acceptors (Lipinski definition) is 9. The lowest BCUT2D eigenvalue weighted by atomic mass is 10.1. The number of ether oxygens (including phenoxy) is 3. The van der Waals surface area contributed by atoms with E-state index in [1.54, 1.807) is 6.92 Å². The molecule has 15 heteroatoms. The highest BCUT2D eigenvalue weighted by Gasteiger charge is 2.23. The van der Waals surface area contributed by atoms with Gasteiger partial charge in [0, 0.05) is 37.5 Å². The molecule has 0 radical (unpaired) electrons. The van der Waals surface area contributed by atoms with Gasteiger partial charge in [-0.3, -0.25) is 18.9 Å². The molecule has 6 N–H and O–H groups in total. The first-order chi connectivity index (χ1) is 21.5. The summed E-state index contributed by atoms with van der Waals surface area (Å²) in [6, 6.07) is -1.28. The molecule has 0 rings (SSSR count). The second-order valence-electron chi connectivity index (χ2n) is 11.2. The minimum atomic E-state index is -4.08. The average molecular weight is 686 g/mol. The third kappa shape index (κ3) is 28.7. The van der Waals surface area contributed by atoms with E-state index < -0.39 is 32.1 Å². The Morgan fingerprint density at radius 1 is 0.778 bits per heavy atom. The predicted molar refractivity (Wildman–Crippen MR) is 177 cm³/mol. The fourth-order valence-electron chi connectivity index (χ4n) is 4.18.